The van der Waals surface area contributed by atoms with Gasteiger partial charge in [-0.15, -0.1) is 0 Å². The second-order valence-corrected chi connectivity index (χ2v) is 7.39. The third-order valence-electron chi connectivity index (χ3n) is 5.63. The maximum absolute atomic E-state index is 11.1. The van der Waals surface area contributed by atoms with Crippen LogP contribution in [0.1, 0.15) is 17.5 Å². The zero-order chi connectivity index (χ0) is 18.6. The second-order valence-electron chi connectivity index (χ2n) is 7.39. The van der Waals surface area contributed by atoms with Crippen molar-refractivity contribution in [1.82, 2.24) is 10.2 Å². The van der Waals surface area contributed by atoms with E-state index in [1.807, 2.05) is 0 Å². The number of benzene rings is 2. The van der Waals surface area contributed by atoms with Gasteiger partial charge in [-0.25, -0.2) is 0 Å². The van der Waals surface area contributed by atoms with Crippen molar-refractivity contribution < 1.29 is 61.3 Å². The summed E-state index contributed by atoms with van der Waals surface area (Å²) in [5.74, 6) is -1.00. The molecule has 142 valence electrons. The topological polar surface area (TPSA) is 58.6 Å². The van der Waals surface area contributed by atoms with E-state index in [0.717, 1.165) is 38.9 Å². The van der Waals surface area contributed by atoms with Crippen LogP contribution in [-0.4, -0.2) is 49.6 Å². The van der Waals surface area contributed by atoms with Crippen molar-refractivity contribution in [1.29, 1.82) is 0 Å². The summed E-state index contributed by atoms with van der Waals surface area (Å²) in [6.45, 7) is 3.93. The third kappa shape index (κ3) is 5.05. The van der Waals surface area contributed by atoms with Gasteiger partial charge in [-0.1, -0.05) is 36.4 Å². The van der Waals surface area contributed by atoms with Gasteiger partial charge in [0.2, 0.25) is 0 Å². The molecule has 2 aliphatic heterocycles. The quantitative estimate of drug-likeness (QED) is 0.606. The second kappa shape index (κ2) is 10.3. The van der Waals surface area contributed by atoms with Crippen molar-refractivity contribution in [2.24, 2.45) is 0 Å². The minimum Gasteiger partial charge on any atom is -0.548 e. The molecule has 2 aliphatic rings. The van der Waals surface area contributed by atoms with E-state index in [2.05, 4.69) is 63.6 Å². The molecule has 1 N–H and O–H groups in total. The zero-order valence-electron chi connectivity index (χ0n) is 16.6. The van der Waals surface area contributed by atoms with Gasteiger partial charge in [0.25, 0.3) is 0 Å². The Bertz CT molecular complexity index is 766. The predicted octanol–water partition coefficient (Wildman–Crippen LogP) is -1.66. The average molecular weight is 404 g/mol. The molecular formula is C22H26KN3O2. The van der Waals surface area contributed by atoms with E-state index in [1.54, 1.807) is 0 Å². The van der Waals surface area contributed by atoms with Crippen LogP contribution in [0.4, 0.5) is 11.4 Å². The van der Waals surface area contributed by atoms with Gasteiger partial charge in [-0.2, -0.15) is 0 Å². The molecule has 2 aromatic carbocycles. The number of aryl methyl sites for hydroxylation is 2. The molecule has 0 radical (unpaired) electrons. The minimum absolute atomic E-state index is 0. The number of anilines is 2. The monoisotopic (exact) mass is 403 g/mol. The summed E-state index contributed by atoms with van der Waals surface area (Å²) in [4.78, 5) is 15.8. The van der Waals surface area contributed by atoms with Crippen molar-refractivity contribution in [2.75, 3.05) is 37.6 Å². The molecule has 2 aromatic rings. The summed E-state index contributed by atoms with van der Waals surface area (Å²) in [5.41, 5.74) is 5.39. The number of rotatable bonds is 5. The van der Waals surface area contributed by atoms with Crippen molar-refractivity contribution >= 4 is 17.3 Å². The molecule has 1 fully saturated rings. The van der Waals surface area contributed by atoms with Crippen molar-refractivity contribution in [3.05, 3.63) is 59.7 Å². The SMILES string of the molecule is O=C([O-])C1CN(CCCN2c3ccccc3CCc3ccccc32)CCN1.[K+]. The number of carboxylic acids is 1. The molecule has 0 saturated carbocycles. The zero-order valence-corrected chi connectivity index (χ0v) is 19.7. The summed E-state index contributed by atoms with van der Waals surface area (Å²) in [6, 6.07) is 16.8. The van der Waals surface area contributed by atoms with E-state index in [9.17, 15) is 9.90 Å². The molecule has 0 aromatic heterocycles. The number of nitrogens with zero attached hydrogens (tertiary/aromatic N) is 2. The van der Waals surface area contributed by atoms with E-state index in [-0.39, 0.29) is 51.4 Å². The van der Waals surface area contributed by atoms with Crippen LogP contribution in [0.2, 0.25) is 0 Å². The Morgan fingerprint density at radius 2 is 1.61 bits per heavy atom. The molecule has 6 heteroatoms. The number of carboxylic acid groups (broad SMARTS) is 1. The number of hydrogen-bond donors (Lipinski definition) is 1. The maximum atomic E-state index is 11.1. The number of carbonyl (C=O) groups is 1. The normalized spacial score (nSPS) is 19.1. The van der Waals surface area contributed by atoms with Crippen LogP contribution in [-0.2, 0) is 17.6 Å². The molecule has 5 nitrogen and oxygen atoms in total. The van der Waals surface area contributed by atoms with Crippen LogP contribution in [0.5, 0.6) is 0 Å². The molecule has 0 aliphatic carbocycles. The van der Waals surface area contributed by atoms with Crippen LogP contribution in [0.3, 0.4) is 0 Å². The number of para-hydroxylation sites is 2. The summed E-state index contributed by atoms with van der Waals surface area (Å²) in [6.07, 6.45) is 3.12. The first kappa shape index (κ1) is 22.0. The third-order valence-corrected chi connectivity index (χ3v) is 5.63. The number of piperazine rings is 1. The molecule has 1 saturated heterocycles. The molecule has 28 heavy (non-hydrogen) atoms. The summed E-state index contributed by atoms with van der Waals surface area (Å²) in [5, 5.41) is 14.1. The molecule has 0 bridgehead atoms. The summed E-state index contributed by atoms with van der Waals surface area (Å²) >= 11 is 0. The van der Waals surface area contributed by atoms with Crippen molar-refractivity contribution in [2.45, 2.75) is 25.3 Å². The Morgan fingerprint density at radius 3 is 2.21 bits per heavy atom. The standard InChI is InChI=1S/C22H27N3O2.K/c26-22(27)19-16-24(15-12-23-19)13-5-14-25-20-8-3-1-6-17(20)10-11-18-7-2-4-9-21(18)25;/h1-4,6-9,19,23H,5,10-16H2,(H,26,27);/q;+1/p-1. The van der Waals surface area contributed by atoms with Gasteiger partial charge in [-0.3, -0.25) is 0 Å². The van der Waals surface area contributed by atoms with Gasteiger partial charge in [-0.05, 0) is 49.1 Å². The molecule has 1 atom stereocenters. The fraction of sp³-hybridized carbons (Fsp3) is 0.409. The molecular weight excluding hydrogens is 377 g/mol. The van der Waals surface area contributed by atoms with Crippen molar-refractivity contribution in [3.8, 4) is 0 Å². The minimum atomic E-state index is -1.00. The summed E-state index contributed by atoms with van der Waals surface area (Å²) in [7, 11) is 0. The first-order valence-electron chi connectivity index (χ1n) is 9.82. The van der Waals surface area contributed by atoms with E-state index in [4.69, 9.17) is 0 Å². The largest absolute Gasteiger partial charge is 1.00 e. The fourth-order valence-corrected chi connectivity index (χ4v) is 4.24. The van der Waals surface area contributed by atoms with E-state index >= 15 is 0 Å². The fourth-order valence-electron chi connectivity index (χ4n) is 4.24. The molecule has 2 heterocycles. The molecule has 4 rings (SSSR count). The number of nitrogens with one attached hydrogen (secondary N) is 1. The molecule has 1 unspecified atom stereocenters. The van der Waals surface area contributed by atoms with Gasteiger partial charge in [0.05, 0.1) is 12.0 Å². The number of hydrogen-bond acceptors (Lipinski definition) is 5. The number of carbonyl (C=O) groups excluding carboxylic acids is 1. The van der Waals surface area contributed by atoms with E-state index in [0.29, 0.717) is 13.1 Å². The Morgan fingerprint density at radius 1 is 1.00 bits per heavy atom. The summed E-state index contributed by atoms with van der Waals surface area (Å²) < 4.78 is 0. The van der Waals surface area contributed by atoms with Gasteiger partial charge in [0, 0.05) is 37.6 Å². The Hall–Kier alpha value is -0.734. The van der Waals surface area contributed by atoms with E-state index in [1.165, 1.54) is 22.5 Å². The van der Waals surface area contributed by atoms with E-state index < -0.39 is 12.0 Å². The smallest absolute Gasteiger partial charge is 0.548 e. The first-order chi connectivity index (χ1) is 13.2. The van der Waals surface area contributed by atoms with Gasteiger partial charge < -0.3 is 25.0 Å². The van der Waals surface area contributed by atoms with Gasteiger partial charge in [0.1, 0.15) is 0 Å². The Kier molecular flexibility index (Phi) is 8.11. The van der Waals surface area contributed by atoms with Gasteiger partial charge >= 0.3 is 51.4 Å². The average Bonchev–Trinajstić information content (AvgIpc) is 2.86. The molecule has 0 spiro atoms. The first-order valence-corrected chi connectivity index (χ1v) is 9.82. The van der Waals surface area contributed by atoms with Crippen molar-refractivity contribution in [3.63, 3.8) is 0 Å². The Balaban J connectivity index is 0.00000225. The molecule has 0 amide bonds. The number of aliphatic carboxylic acids is 1. The van der Waals surface area contributed by atoms with Crippen LogP contribution in [0.15, 0.2) is 48.5 Å². The van der Waals surface area contributed by atoms with Crippen LogP contribution < -0.4 is 66.7 Å². The maximum Gasteiger partial charge on any atom is 1.00 e. The van der Waals surface area contributed by atoms with Crippen LogP contribution in [0.25, 0.3) is 0 Å². The predicted molar refractivity (Wildman–Crippen MR) is 105 cm³/mol. The van der Waals surface area contributed by atoms with Gasteiger partial charge in [0.15, 0.2) is 0 Å². The Labute approximate surface area is 209 Å². The van der Waals surface area contributed by atoms with Crippen LogP contribution >= 0.6 is 0 Å². The number of fused-ring (bicyclic) bond motifs is 2. The van der Waals surface area contributed by atoms with Crippen LogP contribution in [0, 0.1) is 0 Å².